The quantitative estimate of drug-likeness (QED) is 0.685. The van der Waals surface area contributed by atoms with Gasteiger partial charge in [0.25, 0.3) is 5.91 Å². The number of nitrogens with one attached hydrogen (secondary N) is 2. The standard InChI is InChI=1S/C21H24BrN3O3/c1-14(2)19(24-20(27)15-9-5-4-6-10-15)21(28)25(3)13-18(26)23-17-12-8-7-11-16(17)22/h4-12,14,19H,13H2,1-3H3,(H,23,26)(H,24,27). The summed E-state index contributed by atoms with van der Waals surface area (Å²) < 4.78 is 0.757. The fraction of sp³-hybridized carbons (Fsp3) is 0.286. The minimum atomic E-state index is -0.728. The van der Waals surface area contributed by atoms with Gasteiger partial charge in [-0.25, -0.2) is 0 Å². The molecule has 0 saturated carbocycles. The van der Waals surface area contributed by atoms with Crippen molar-refractivity contribution < 1.29 is 14.4 Å². The number of carbonyl (C=O) groups is 3. The molecule has 0 fully saturated rings. The second kappa shape index (κ2) is 10.0. The number of amides is 3. The van der Waals surface area contributed by atoms with E-state index in [1.165, 1.54) is 4.90 Å². The zero-order chi connectivity index (χ0) is 20.7. The molecule has 0 aliphatic rings. The Labute approximate surface area is 173 Å². The van der Waals surface area contributed by atoms with Crippen LogP contribution >= 0.6 is 15.9 Å². The first-order valence-corrected chi connectivity index (χ1v) is 9.74. The molecule has 0 radical (unpaired) electrons. The largest absolute Gasteiger partial charge is 0.340 e. The van der Waals surface area contributed by atoms with Gasteiger partial charge >= 0.3 is 0 Å². The number of hydrogen-bond acceptors (Lipinski definition) is 3. The molecule has 1 unspecified atom stereocenters. The topological polar surface area (TPSA) is 78.5 Å². The number of anilines is 1. The molecule has 2 N–H and O–H groups in total. The summed E-state index contributed by atoms with van der Waals surface area (Å²) in [7, 11) is 1.55. The van der Waals surface area contributed by atoms with Crippen LogP contribution in [0, 0.1) is 5.92 Å². The Morgan fingerprint density at radius 3 is 2.21 bits per heavy atom. The molecule has 6 nitrogen and oxygen atoms in total. The van der Waals surface area contributed by atoms with E-state index in [4.69, 9.17) is 0 Å². The lowest BCUT2D eigenvalue weighted by Crippen LogP contribution is -2.51. The number of benzene rings is 2. The lowest BCUT2D eigenvalue weighted by Gasteiger charge is -2.27. The summed E-state index contributed by atoms with van der Waals surface area (Å²) in [5.41, 5.74) is 1.11. The van der Waals surface area contributed by atoms with Gasteiger partial charge in [-0.1, -0.05) is 44.2 Å². The molecule has 2 aromatic rings. The van der Waals surface area contributed by atoms with Gasteiger partial charge in [-0.3, -0.25) is 14.4 Å². The predicted octanol–water partition coefficient (Wildman–Crippen LogP) is 3.30. The average molecular weight is 446 g/mol. The summed E-state index contributed by atoms with van der Waals surface area (Å²) >= 11 is 3.37. The van der Waals surface area contributed by atoms with Crippen molar-refractivity contribution in [1.29, 1.82) is 0 Å². The van der Waals surface area contributed by atoms with Crippen molar-refractivity contribution in [2.75, 3.05) is 18.9 Å². The van der Waals surface area contributed by atoms with Gasteiger partial charge in [-0.2, -0.15) is 0 Å². The van der Waals surface area contributed by atoms with Crippen molar-refractivity contribution in [2.45, 2.75) is 19.9 Å². The Kier molecular flexibility index (Phi) is 7.75. The molecule has 2 rings (SSSR count). The van der Waals surface area contributed by atoms with E-state index in [0.29, 0.717) is 11.3 Å². The third-order valence-corrected chi connectivity index (χ3v) is 4.85. The van der Waals surface area contributed by atoms with E-state index in [1.54, 1.807) is 37.4 Å². The third-order valence-electron chi connectivity index (χ3n) is 4.16. The van der Waals surface area contributed by atoms with Crippen LogP contribution in [-0.2, 0) is 9.59 Å². The average Bonchev–Trinajstić information content (AvgIpc) is 2.67. The van der Waals surface area contributed by atoms with E-state index in [0.717, 1.165) is 4.47 Å². The van der Waals surface area contributed by atoms with E-state index in [1.807, 2.05) is 38.1 Å². The SMILES string of the molecule is CC(C)C(NC(=O)c1ccccc1)C(=O)N(C)CC(=O)Nc1ccccc1Br. The predicted molar refractivity (Wildman–Crippen MR) is 113 cm³/mol. The molecule has 148 valence electrons. The summed E-state index contributed by atoms with van der Waals surface area (Å²) in [4.78, 5) is 38.9. The summed E-state index contributed by atoms with van der Waals surface area (Å²) in [5, 5.41) is 5.54. The summed E-state index contributed by atoms with van der Waals surface area (Å²) in [5.74, 6) is -1.09. The zero-order valence-electron chi connectivity index (χ0n) is 16.1. The fourth-order valence-corrected chi connectivity index (χ4v) is 2.99. The minimum Gasteiger partial charge on any atom is -0.340 e. The molecule has 0 aliphatic heterocycles. The molecule has 0 heterocycles. The van der Waals surface area contributed by atoms with Crippen LogP contribution in [0.4, 0.5) is 5.69 Å². The van der Waals surface area contributed by atoms with Crippen LogP contribution in [0.3, 0.4) is 0 Å². The van der Waals surface area contributed by atoms with Crippen molar-refractivity contribution in [2.24, 2.45) is 5.92 Å². The molecule has 3 amide bonds. The van der Waals surface area contributed by atoms with Crippen LogP contribution in [-0.4, -0.2) is 42.3 Å². The molecule has 0 saturated heterocycles. The Hall–Kier alpha value is -2.67. The second-order valence-corrected chi connectivity index (χ2v) is 7.64. The van der Waals surface area contributed by atoms with Gasteiger partial charge in [-0.15, -0.1) is 0 Å². The summed E-state index contributed by atoms with van der Waals surface area (Å²) in [6.07, 6.45) is 0. The minimum absolute atomic E-state index is 0.120. The first-order chi connectivity index (χ1) is 13.3. The van der Waals surface area contributed by atoms with E-state index in [-0.39, 0.29) is 30.2 Å². The van der Waals surface area contributed by atoms with Crippen LogP contribution in [0.1, 0.15) is 24.2 Å². The molecular weight excluding hydrogens is 422 g/mol. The van der Waals surface area contributed by atoms with Gasteiger partial charge in [0.15, 0.2) is 0 Å². The highest BCUT2D eigenvalue weighted by Gasteiger charge is 2.28. The Balaban J connectivity index is 2.00. The Bertz CT molecular complexity index is 840. The number of likely N-dealkylation sites (N-methyl/N-ethyl adjacent to an activating group) is 1. The summed E-state index contributed by atoms with van der Waals surface area (Å²) in [6, 6.07) is 15.2. The molecular formula is C21H24BrN3O3. The third kappa shape index (κ3) is 5.92. The molecule has 1 atom stereocenters. The van der Waals surface area contributed by atoms with E-state index in [9.17, 15) is 14.4 Å². The lowest BCUT2D eigenvalue weighted by molar-refractivity contribution is -0.135. The Morgan fingerprint density at radius 2 is 1.61 bits per heavy atom. The van der Waals surface area contributed by atoms with Gasteiger partial charge in [0.2, 0.25) is 11.8 Å². The van der Waals surface area contributed by atoms with Crippen molar-refractivity contribution in [3.05, 3.63) is 64.6 Å². The van der Waals surface area contributed by atoms with Crippen molar-refractivity contribution in [1.82, 2.24) is 10.2 Å². The molecule has 0 aliphatic carbocycles. The van der Waals surface area contributed by atoms with E-state index in [2.05, 4.69) is 26.6 Å². The summed E-state index contributed by atoms with van der Waals surface area (Å²) in [6.45, 7) is 3.58. The van der Waals surface area contributed by atoms with Crippen molar-refractivity contribution >= 4 is 39.3 Å². The highest BCUT2D eigenvalue weighted by atomic mass is 79.9. The van der Waals surface area contributed by atoms with Crippen molar-refractivity contribution in [3.8, 4) is 0 Å². The number of nitrogens with zero attached hydrogens (tertiary/aromatic N) is 1. The maximum Gasteiger partial charge on any atom is 0.251 e. The first kappa shape index (κ1) is 21.6. The second-order valence-electron chi connectivity index (χ2n) is 6.78. The van der Waals surface area contributed by atoms with Gasteiger partial charge in [0.05, 0.1) is 12.2 Å². The maximum absolute atomic E-state index is 12.8. The van der Waals surface area contributed by atoms with Crippen LogP contribution in [0.2, 0.25) is 0 Å². The molecule has 2 aromatic carbocycles. The van der Waals surface area contributed by atoms with E-state index >= 15 is 0 Å². The number of rotatable bonds is 7. The maximum atomic E-state index is 12.8. The van der Waals surface area contributed by atoms with Crippen LogP contribution in [0.5, 0.6) is 0 Å². The smallest absolute Gasteiger partial charge is 0.251 e. The molecule has 7 heteroatoms. The zero-order valence-corrected chi connectivity index (χ0v) is 17.7. The van der Waals surface area contributed by atoms with Crippen LogP contribution in [0.25, 0.3) is 0 Å². The number of carbonyl (C=O) groups excluding carboxylic acids is 3. The Morgan fingerprint density at radius 1 is 1.00 bits per heavy atom. The highest BCUT2D eigenvalue weighted by Crippen LogP contribution is 2.21. The molecule has 0 aromatic heterocycles. The van der Waals surface area contributed by atoms with Gasteiger partial charge < -0.3 is 15.5 Å². The highest BCUT2D eigenvalue weighted by molar-refractivity contribution is 9.10. The number of para-hydroxylation sites is 1. The molecule has 28 heavy (non-hydrogen) atoms. The fourth-order valence-electron chi connectivity index (χ4n) is 2.61. The van der Waals surface area contributed by atoms with Gasteiger partial charge in [-0.05, 0) is 46.1 Å². The monoisotopic (exact) mass is 445 g/mol. The number of hydrogen-bond donors (Lipinski definition) is 2. The normalized spacial score (nSPS) is 11.6. The van der Waals surface area contributed by atoms with Gasteiger partial charge in [0, 0.05) is 17.1 Å². The number of halogens is 1. The van der Waals surface area contributed by atoms with Crippen LogP contribution < -0.4 is 10.6 Å². The molecule has 0 spiro atoms. The first-order valence-electron chi connectivity index (χ1n) is 8.95. The van der Waals surface area contributed by atoms with Crippen molar-refractivity contribution in [3.63, 3.8) is 0 Å². The lowest BCUT2D eigenvalue weighted by atomic mass is 10.0. The van der Waals surface area contributed by atoms with Crippen LogP contribution in [0.15, 0.2) is 59.1 Å². The molecule has 0 bridgehead atoms. The van der Waals surface area contributed by atoms with Gasteiger partial charge in [0.1, 0.15) is 6.04 Å². The van der Waals surface area contributed by atoms with E-state index < -0.39 is 6.04 Å².